The fraction of sp³-hybridized carbons (Fsp3) is 0.333. The molecule has 0 fully saturated rings. The maximum atomic E-state index is 10.2. The van der Waals surface area contributed by atoms with Crippen LogP contribution in [-0.2, 0) is 20.2 Å². The van der Waals surface area contributed by atoms with Gasteiger partial charge in [-0.25, -0.2) is 0 Å². The number of rotatable bonds is 3. The molecular formula is C3H6O6S2. The zero-order chi connectivity index (χ0) is 9.28. The van der Waals surface area contributed by atoms with Gasteiger partial charge in [0.1, 0.15) is 0 Å². The summed E-state index contributed by atoms with van der Waals surface area (Å²) in [5, 5.41) is 0. The Kier molecular flexibility index (Phi) is 2.78. The molecule has 2 N–H and O–H groups in total. The highest BCUT2D eigenvalue weighted by Gasteiger charge is 2.31. The molecule has 0 saturated carbocycles. The third-order valence-corrected chi connectivity index (χ3v) is 3.80. The van der Waals surface area contributed by atoms with Crippen molar-refractivity contribution in [3.63, 3.8) is 0 Å². The summed E-state index contributed by atoms with van der Waals surface area (Å²) in [5.74, 6) is 0. The highest BCUT2D eigenvalue weighted by Crippen LogP contribution is 2.06. The van der Waals surface area contributed by atoms with Gasteiger partial charge in [-0.05, 0) is 0 Å². The average molecular weight is 202 g/mol. The quantitative estimate of drug-likeness (QED) is 0.461. The third-order valence-electron chi connectivity index (χ3n) is 0.780. The minimum absolute atomic E-state index is 0.407. The summed E-state index contributed by atoms with van der Waals surface area (Å²) in [4.78, 5) is 0. The highest BCUT2D eigenvalue weighted by atomic mass is 32.3. The Labute approximate surface area is 64.0 Å². The molecule has 0 unspecified atom stereocenters. The SMILES string of the molecule is C=CC(S(=O)(=O)O)S(=O)(=O)O. The van der Waals surface area contributed by atoms with E-state index < -0.39 is 24.8 Å². The lowest BCUT2D eigenvalue weighted by Gasteiger charge is -2.03. The van der Waals surface area contributed by atoms with Gasteiger partial charge >= 0.3 is 0 Å². The Balaban J connectivity index is 5.21. The summed E-state index contributed by atoms with van der Waals surface area (Å²) in [6.45, 7) is 2.82. The first-order valence-electron chi connectivity index (χ1n) is 2.24. The second kappa shape index (κ2) is 2.89. The maximum absolute atomic E-state index is 10.2. The van der Waals surface area contributed by atoms with Gasteiger partial charge < -0.3 is 0 Å². The van der Waals surface area contributed by atoms with Gasteiger partial charge in [-0.15, -0.1) is 6.58 Å². The lowest BCUT2D eigenvalue weighted by molar-refractivity contribution is 0.463. The standard InChI is InChI=1S/C3H6O6S2/c1-2-3(10(4,5)6)11(7,8)9/h2-3H,1H2,(H,4,5,6)(H,7,8,9). The lowest BCUT2D eigenvalue weighted by atomic mass is 10.8. The minimum Gasteiger partial charge on any atom is -0.284 e. The molecule has 0 aromatic rings. The van der Waals surface area contributed by atoms with Gasteiger partial charge in [0.15, 0.2) is 0 Å². The zero-order valence-electron chi connectivity index (χ0n) is 5.21. The summed E-state index contributed by atoms with van der Waals surface area (Å²) in [7, 11) is -9.66. The van der Waals surface area contributed by atoms with E-state index in [2.05, 4.69) is 6.58 Å². The second-order valence-corrected chi connectivity index (χ2v) is 5.01. The van der Waals surface area contributed by atoms with Crippen molar-refractivity contribution < 1.29 is 25.9 Å². The van der Waals surface area contributed by atoms with E-state index in [1.54, 1.807) is 0 Å². The Hall–Kier alpha value is -0.440. The summed E-state index contributed by atoms with van der Waals surface area (Å²) in [6, 6.07) is 0. The molecule has 0 spiro atoms. The first-order valence-corrected chi connectivity index (χ1v) is 5.25. The largest absolute Gasteiger partial charge is 0.288 e. The van der Waals surface area contributed by atoms with E-state index >= 15 is 0 Å². The molecule has 0 aliphatic heterocycles. The molecule has 0 radical (unpaired) electrons. The van der Waals surface area contributed by atoms with E-state index in [1.165, 1.54) is 0 Å². The summed E-state index contributed by atoms with van der Waals surface area (Å²) < 4.78 is 54.6. The van der Waals surface area contributed by atoms with Crippen molar-refractivity contribution in [3.05, 3.63) is 12.7 Å². The molecule has 0 amide bonds. The zero-order valence-corrected chi connectivity index (χ0v) is 6.84. The summed E-state index contributed by atoms with van der Waals surface area (Å²) in [6.07, 6.45) is 0.407. The summed E-state index contributed by atoms with van der Waals surface area (Å²) >= 11 is 0. The molecule has 11 heavy (non-hydrogen) atoms. The van der Waals surface area contributed by atoms with E-state index in [4.69, 9.17) is 9.11 Å². The van der Waals surface area contributed by atoms with E-state index in [0.717, 1.165) is 0 Å². The van der Waals surface area contributed by atoms with Crippen LogP contribution in [0.1, 0.15) is 0 Å². The molecule has 0 aromatic heterocycles. The minimum atomic E-state index is -4.83. The molecule has 6 nitrogen and oxygen atoms in total. The highest BCUT2D eigenvalue weighted by molar-refractivity contribution is 8.04. The molecule has 66 valence electrons. The van der Waals surface area contributed by atoms with Crippen LogP contribution in [0.15, 0.2) is 12.7 Å². The molecule has 8 heteroatoms. The molecule has 0 saturated heterocycles. The van der Waals surface area contributed by atoms with Crippen LogP contribution in [0.3, 0.4) is 0 Å². The molecule has 0 atom stereocenters. The fourth-order valence-electron chi connectivity index (χ4n) is 0.397. The van der Waals surface area contributed by atoms with Gasteiger partial charge in [0, 0.05) is 0 Å². The number of hydrogen-bond donors (Lipinski definition) is 2. The van der Waals surface area contributed by atoms with Crippen LogP contribution in [0.2, 0.25) is 0 Å². The van der Waals surface area contributed by atoms with Gasteiger partial charge in [0.05, 0.1) is 0 Å². The van der Waals surface area contributed by atoms with Gasteiger partial charge in [0.2, 0.25) is 4.58 Å². The molecule has 0 aromatic carbocycles. The van der Waals surface area contributed by atoms with Crippen LogP contribution < -0.4 is 0 Å². The first kappa shape index (κ1) is 10.6. The monoisotopic (exact) mass is 202 g/mol. The third kappa shape index (κ3) is 2.97. The van der Waals surface area contributed by atoms with Crippen molar-refractivity contribution in [2.75, 3.05) is 0 Å². The van der Waals surface area contributed by atoms with E-state index in [1.807, 2.05) is 0 Å². The fourth-order valence-corrected chi connectivity index (χ4v) is 2.11. The van der Waals surface area contributed by atoms with E-state index in [-0.39, 0.29) is 0 Å². The average Bonchev–Trinajstić information content (AvgIpc) is 1.56. The maximum Gasteiger partial charge on any atom is 0.288 e. The van der Waals surface area contributed by atoms with Crippen LogP contribution >= 0.6 is 0 Å². The Morgan fingerprint density at radius 1 is 1.09 bits per heavy atom. The second-order valence-electron chi connectivity index (χ2n) is 1.63. The lowest BCUT2D eigenvalue weighted by Crippen LogP contribution is -2.27. The molecule has 0 aliphatic rings. The predicted molar refractivity (Wildman–Crippen MR) is 37.1 cm³/mol. The molecule has 0 aliphatic carbocycles. The Morgan fingerprint density at radius 2 is 1.36 bits per heavy atom. The topological polar surface area (TPSA) is 109 Å². The first-order chi connectivity index (χ1) is 4.69. The van der Waals surface area contributed by atoms with Gasteiger partial charge in [-0.3, -0.25) is 9.11 Å². The van der Waals surface area contributed by atoms with Crippen molar-refractivity contribution in [2.24, 2.45) is 0 Å². The normalized spacial score (nSPS) is 13.4. The van der Waals surface area contributed by atoms with Gasteiger partial charge in [0.25, 0.3) is 20.2 Å². The Bertz CT molecular complexity index is 302. The van der Waals surface area contributed by atoms with E-state index in [0.29, 0.717) is 6.08 Å². The Morgan fingerprint density at radius 3 is 1.36 bits per heavy atom. The van der Waals surface area contributed by atoms with Crippen LogP contribution in [-0.4, -0.2) is 30.5 Å². The van der Waals surface area contributed by atoms with Crippen LogP contribution in [0.4, 0.5) is 0 Å². The predicted octanol–water partition coefficient (Wildman–Crippen LogP) is -0.726. The van der Waals surface area contributed by atoms with Crippen LogP contribution in [0.25, 0.3) is 0 Å². The van der Waals surface area contributed by atoms with Crippen molar-refractivity contribution in [2.45, 2.75) is 4.58 Å². The van der Waals surface area contributed by atoms with Gasteiger partial charge in [-0.1, -0.05) is 6.08 Å². The molecule has 0 rings (SSSR count). The number of hydrogen-bond acceptors (Lipinski definition) is 4. The molecular weight excluding hydrogens is 196 g/mol. The summed E-state index contributed by atoms with van der Waals surface area (Å²) in [5.41, 5.74) is 0. The van der Waals surface area contributed by atoms with Crippen LogP contribution in [0.5, 0.6) is 0 Å². The smallest absolute Gasteiger partial charge is 0.284 e. The van der Waals surface area contributed by atoms with Crippen molar-refractivity contribution in [1.82, 2.24) is 0 Å². The van der Waals surface area contributed by atoms with Gasteiger partial charge in [-0.2, -0.15) is 16.8 Å². The van der Waals surface area contributed by atoms with Crippen molar-refractivity contribution in [1.29, 1.82) is 0 Å². The molecule has 0 bridgehead atoms. The van der Waals surface area contributed by atoms with Crippen molar-refractivity contribution >= 4 is 20.2 Å². The van der Waals surface area contributed by atoms with Crippen molar-refractivity contribution in [3.8, 4) is 0 Å². The molecule has 0 heterocycles. The van der Waals surface area contributed by atoms with E-state index in [9.17, 15) is 16.8 Å². The van der Waals surface area contributed by atoms with Crippen LogP contribution in [0, 0.1) is 0 Å².